The average molecular weight is 251 g/mol. The summed E-state index contributed by atoms with van der Waals surface area (Å²) in [5.74, 6) is 1.72. The third-order valence-electron chi connectivity index (χ3n) is 4.18. The van der Waals surface area contributed by atoms with Crippen molar-refractivity contribution in [3.63, 3.8) is 0 Å². The van der Waals surface area contributed by atoms with Crippen molar-refractivity contribution in [3.05, 3.63) is 24.2 Å². The van der Waals surface area contributed by atoms with E-state index in [2.05, 4.69) is 19.2 Å². The summed E-state index contributed by atoms with van der Waals surface area (Å²) in [6.07, 6.45) is 6.77. The number of aliphatic hydroxyl groups is 1. The largest absolute Gasteiger partial charge is 0.468 e. The number of hydrogen-bond donors (Lipinski definition) is 2. The van der Waals surface area contributed by atoms with Crippen LogP contribution in [0.25, 0.3) is 0 Å². The van der Waals surface area contributed by atoms with Crippen LogP contribution in [0.3, 0.4) is 0 Å². The van der Waals surface area contributed by atoms with Crippen LogP contribution >= 0.6 is 0 Å². The molecule has 0 aromatic carbocycles. The van der Waals surface area contributed by atoms with Gasteiger partial charge in [-0.1, -0.05) is 13.8 Å². The molecule has 0 spiro atoms. The van der Waals surface area contributed by atoms with E-state index in [1.165, 1.54) is 0 Å². The first kappa shape index (κ1) is 13.6. The summed E-state index contributed by atoms with van der Waals surface area (Å²) in [4.78, 5) is 0. The van der Waals surface area contributed by atoms with Gasteiger partial charge in [-0.05, 0) is 50.2 Å². The Labute approximate surface area is 110 Å². The summed E-state index contributed by atoms with van der Waals surface area (Å²) >= 11 is 0. The van der Waals surface area contributed by atoms with Crippen LogP contribution in [0.15, 0.2) is 22.8 Å². The maximum absolute atomic E-state index is 10.5. The van der Waals surface area contributed by atoms with Crippen LogP contribution in [0.5, 0.6) is 0 Å². The Morgan fingerprint density at radius 1 is 1.50 bits per heavy atom. The first-order chi connectivity index (χ1) is 8.63. The van der Waals surface area contributed by atoms with Crippen LogP contribution in [-0.4, -0.2) is 17.3 Å². The lowest BCUT2D eigenvalue weighted by molar-refractivity contribution is -0.00876. The van der Waals surface area contributed by atoms with Gasteiger partial charge in [0.15, 0.2) is 0 Å². The molecule has 0 radical (unpaired) electrons. The number of furan rings is 1. The lowest BCUT2D eigenvalue weighted by Crippen LogP contribution is -2.44. The zero-order valence-corrected chi connectivity index (χ0v) is 11.5. The fraction of sp³-hybridized carbons (Fsp3) is 0.733. The number of rotatable bonds is 5. The van der Waals surface area contributed by atoms with Crippen molar-refractivity contribution in [1.82, 2.24) is 5.32 Å². The van der Waals surface area contributed by atoms with Crippen molar-refractivity contribution in [2.75, 3.05) is 6.54 Å². The molecule has 1 fully saturated rings. The first-order valence-corrected chi connectivity index (χ1v) is 7.12. The number of hydrogen-bond acceptors (Lipinski definition) is 3. The third kappa shape index (κ3) is 3.36. The van der Waals surface area contributed by atoms with Crippen molar-refractivity contribution in [2.45, 2.75) is 57.6 Å². The van der Waals surface area contributed by atoms with Crippen LogP contribution in [0, 0.1) is 5.92 Å². The molecule has 1 aliphatic rings. The summed E-state index contributed by atoms with van der Waals surface area (Å²) in [7, 11) is 0. The van der Waals surface area contributed by atoms with Crippen molar-refractivity contribution >= 4 is 0 Å². The lowest BCUT2D eigenvalue weighted by atomic mass is 9.79. The molecule has 1 aromatic heterocycles. The maximum atomic E-state index is 10.5. The quantitative estimate of drug-likeness (QED) is 0.844. The predicted molar refractivity (Wildman–Crippen MR) is 72.3 cm³/mol. The zero-order valence-electron chi connectivity index (χ0n) is 11.5. The van der Waals surface area contributed by atoms with Gasteiger partial charge in [-0.2, -0.15) is 0 Å². The van der Waals surface area contributed by atoms with Gasteiger partial charge in [0.25, 0.3) is 0 Å². The highest BCUT2D eigenvalue weighted by Gasteiger charge is 2.32. The van der Waals surface area contributed by atoms with E-state index in [0.717, 1.165) is 43.8 Å². The normalized spacial score (nSPS) is 30.3. The first-order valence-electron chi connectivity index (χ1n) is 7.12. The monoisotopic (exact) mass is 251 g/mol. The van der Waals surface area contributed by atoms with Crippen molar-refractivity contribution < 1.29 is 9.52 Å². The summed E-state index contributed by atoms with van der Waals surface area (Å²) in [5.41, 5.74) is -0.521. The molecule has 0 saturated heterocycles. The Hall–Kier alpha value is -0.800. The van der Waals surface area contributed by atoms with Gasteiger partial charge in [-0.3, -0.25) is 0 Å². The second-order valence-corrected chi connectivity index (χ2v) is 5.76. The van der Waals surface area contributed by atoms with E-state index in [4.69, 9.17) is 4.42 Å². The van der Waals surface area contributed by atoms with Gasteiger partial charge < -0.3 is 14.8 Å². The minimum Gasteiger partial charge on any atom is -0.468 e. The average Bonchev–Trinajstić information content (AvgIpc) is 2.88. The van der Waals surface area contributed by atoms with Gasteiger partial charge in [0, 0.05) is 6.54 Å². The summed E-state index contributed by atoms with van der Waals surface area (Å²) in [5, 5.41) is 14.0. The minimum absolute atomic E-state index is 0.211. The predicted octanol–water partition coefficient (Wildman–Crippen LogP) is 3.26. The van der Waals surface area contributed by atoms with Gasteiger partial charge in [0.05, 0.1) is 17.9 Å². The Morgan fingerprint density at radius 3 is 2.78 bits per heavy atom. The second kappa shape index (κ2) is 5.89. The fourth-order valence-corrected chi connectivity index (χ4v) is 2.73. The molecular weight excluding hydrogens is 226 g/mol. The molecule has 18 heavy (non-hydrogen) atoms. The van der Waals surface area contributed by atoms with Crippen LogP contribution in [0.1, 0.15) is 57.8 Å². The van der Waals surface area contributed by atoms with Crippen LogP contribution < -0.4 is 5.32 Å². The van der Waals surface area contributed by atoms with E-state index in [1.807, 2.05) is 12.1 Å². The van der Waals surface area contributed by atoms with E-state index in [9.17, 15) is 5.11 Å². The van der Waals surface area contributed by atoms with Gasteiger partial charge in [-0.25, -0.2) is 0 Å². The Morgan fingerprint density at radius 2 is 2.22 bits per heavy atom. The van der Waals surface area contributed by atoms with Crippen molar-refractivity contribution in [3.8, 4) is 0 Å². The highest BCUT2D eigenvalue weighted by molar-refractivity contribution is 5.04. The molecule has 3 heteroatoms. The topological polar surface area (TPSA) is 45.4 Å². The van der Waals surface area contributed by atoms with E-state index in [0.29, 0.717) is 6.54 Å². The zero-order chi connectivity index (χ0) is 13.0. The molecule has 102 valence electrons. The molecule has 1 aromatic rings. The standard InChI is InChI=1S/C15H25NO2/c1-3-13(14-5-4-10-18-14)16-11-15(17)8-6-12(2)7-9-15/h4-5,10,12-13,16-17H,3,6-9,11H2,1-2H3. The van der Waals surface area contributed by atoms with Gasteiger partial charge >= 0.3 is 0 Å². The molecule has 0 amide bonds. The lowest BCUT2D eigenvalue weighted by Gasteiger charge is -2.36. The summed E-state index contributed by atoms with van der Waals surface area (Å²) < 4.78 is 5.43. The molecule has 0 bridgehead atoms. The highest BCUT2D eigenvalue weighted by Crippen LogP contribution is 2.32. The maximum Gasteiger partial charge on any atom is 0.120 e. The van der Waals surface area contributed by atoms with Crippen LogP contribution in [0.4, 0.5) is 0 Å². The molecule has 0 aliphatic heterocycles. The second-order valence-electron chi connectivity index (χ2n) is 5.76. The Kier molecular flexibility index (Phi) is 4.46. The van der Waals surface area contributed by atoms with E-state index in [1.54, 1.807) is 6.26 Å². The van der Waals surface area contributed by atoms with Gasteiger partial charge in [0.1, 0.15) is 5.76 Å². The third-order valence-corrected chi connectivity index (χ3v) is 4.18. The van der Waals surface area contributed by atoms with Gasteiger partial charge in [-0.15, -0.1) is 0 Å². The van der Waals surface area contributed by atoms with E-state index in [-0.39, 0.29) is 6.04 Å². The molecule has 2 rings (SSSR count). The molecule has 1 aliphatic carbocycles. The molecule has 1 heterocycles. The Balaban J connectivity index is 1.86. The Bertz CT molecular complexity index is 339. The van der Waals surface area contributed by atoms with Crippen LogP contribution in [0.2, 0.25) is 0 Å². The number of nitrogens with one attached hydrogen (secondary N) is 1. The highest BCUT2D eigenvalue weighted by atomic mass is 16.3. The summed E-state index contributed by atoms with van der Waals surface area (Å²) in [6.45, 7) is 5.07. The minimum atomic E-state index is -0.521. The molecule has 1 atom stereocenters. The fourth-order valence-electron chi connectivity index (χ4n) is 2.73. The molecule has 1 unspecified atom stereocenters. The van der Waals surface area contributed by atoms with Gasteiger partial charge in [0.2, 0.25) is 0 Å². The summed E-state index contributed by atoms with van der Waals surface area (Å²) in [6, 6.07) is 4.12. The molecular formula is C15H25NO2. The van der Waals surface area contributed by atoms with E-state index >= 15 is 0 Å². The molecule has 3 nitrogen and oxygen atoms in total. The van der Waals surface area contributed by atoms with E-state index < -0.39 is 5.60 Å². The molecule has 2 N–H and O–H groups in total. The van der Waals surface area contributed by atoms with Crippen molar-refractivity contribution in [1.29, 1.82) is 0 Å². The van der Waals surface area contributed by atoms with Crippen LogP contribution in [-0.2, 0) is 0 Å². The molecule has 1 saturated carbocycles. The SMILES string of the molecule is CCC(NCC1(O)CCC(C)CC1)c1ccco1. The smallest absolute Gasteiger partial charge is 0.120 e. The van der Waals surface area contributed by atoms with Crippen molar-refractivity contribution in [2.24, 2.45) is 5.92 Å².